The minimum Gasteiger partial charge on any atom is -0.497 e. The first-order chi connectivity index (χ1) is 12.5. The average molecular weight is 504 g/mol. The highest BCUT2D eigenvalue weighted by molar-refractivity contribution is 14.0. The molecule has 6 nitrogen and oxygen atoms in total. The van der Waals surface area contributed by atoms with Gasteiger partial charge in [0.2, 0.25) is 0 Å². The van der Waals surface area contributed by atoms with E-state index in [-0.39, 0.29) is 24.0 Å². The number of benzene rings is 1. The summed E-state index contributed by atoms with van der Waals surface area (Å²) < 4.78 is 5.14. The lowest BCUT2D eigenvalue weighted by molar-refractivity contribution is 0.180. The van der Waals surface area contributed by atoms with Gasteiger partial charge in [0.05, 0.1) is 25.5 Å². The smallest absolute Gasteiger partial charge is 0.191 e. The summed E-state index contributed by atoms with van der Waals surface area (Å²) in [6, 6.07) is 7.40. The van der Waals surface area contributed by atoms with Crippen LogP contribution in [0.25, 0.3) is 0 Å². The molecule has 2 rings (SSSR count). The Morgan fingerprint density at radius 3 is 2.52 bits per heavy atom. The van der Waals surface area contributed by atoms with Crippen molar-refractivity contribution in [2.75, 3.05) is 20.2 Å². The fourth-order valence-corrected chi connectivity index (χ4v) is 3.17. The second-order valence-corrected chi connectivity index (χ2v) is 7.13. The Hall–Kier alpha value is -1.39. The van der Waals surface area contributed by atoms with Crippen LogP contribution in [0.5, 0.6) is 5.75 Å². The first-order valence-electron chi connectivity index (χ1n) is 8.82. The number of nitrogens with zero attached hydrogens (tertiary/aromatic N) is 2. The van der Waals surface area contributed by atoms with Crippen LogP contribution in [0.3, 0.4) is 0 Å². The first-order valence-corrected chi connectivity index (χ1v) is 9.70. The number of hydrogen-bond acceptors (Lipinski definition) is 5. The first kappa shape index (κ1) is 23.6. The van der Waals surface area contributed by atoms with Crippen LogP contribution in [-0.2, 0) is 6.54 Å². The number of ether oxygens (including phenoxy) is 1. The van der Waals surface area contributed by atoms with Crippen molar-refractivity contribution in [2.24, 2.45) is 4.99 Å². The number of aliphatic imine (C=N–C) groups is 1. The van der Waals surface area contributed by atoms with Gasteiger partial charge in [-0.1, -0.05) is 26.0 Å². The fraction of sp³-hybridized carbons (Fsp3) is 0.474. The Bertz CT molecular complexity index is 704. The monoisotopic (exact) mass is 504 g/mol. The predicted molar refractivity (Wildman–Crippen MR) is 122 cm³/mol. The maximum absolute atomic E-state index is 10.4. The Morgan fingerprint density at radius 1 is 1.26 bits per heavy atom. The van der Waals surface area contributed by atoms with Gasteiger partial charge in [-0.05, 0) is 30.5 Å². The molecule has 0 amide bonds. The molecule has 0 fully saturated rings. The molecule has 0 spiro atoms. The van der Waals surface area contributed by atoms with Crippen LogP contribution in [0, 0.1) is 0 Å². The van der Waals surface area contributed by atoms with Crippen LogP contribution < -0.4 is 15.4 Å². The lowest BCUT2D eigenvalue weighted by Gasteiger charge is -2.15. The summed E-state index contributed by atoms with van der Waals surface area (Å²) in [6.45, 7) is 7.91. The van der Waals surface area contributed by atoms with E-state index in [1.807, 2.05) is 31.2 Å². The zero-order chi connectivity index (χ0) is 18.9. The predicted octanol–water partition coefficient (Wildman–Crippen LogP) is 3.68. The molecule has 0 bridgehead atoms. The number of rotatable bonds is 8. The quantitative estimate of drug-likeness (QED) is 0.291. The molecule has 1 heterocycles. The highest BCUT2D eigenvalue weighted by Crippen LogP contribution is 2.18. The third kappa shape index (κ3) is 7.63. The second-order valence-electron chi connectivity index (χ2n) is 6.19. The number of aromatic nitrogens is 1. The van der Waals surface area contributed by atoms with E-state index in [0.29, 0.717) is 25.0 Å². The molecule has 8 heteroatoms. The van der Waals surface area contributed by atoms with E-state index in [1.165, 1.54) is 0 Å². The van der Waals surface area contributed by atoms with Crippen molar-refractivity contribution in [1.29, 1.82) is 0 Å². The zero-order valence-corrected chi connectivity index (χ0v) is 19.4. The number of guanidine groups is 1. The van der Waals surface area contributed by atoms with Gasteiger partial charge in [0.25, 0.3) is 0 Å². The maximum atomic E-state index is 10.4. The van der Waals surface area contributed by atoms with Gasteiger partial charge in [-0.2, -0.15) is 0 Å². The highest BCUT2D eigenvalue weighted by Gasteiger charge is 2.09. The third-order valence-corrected chi connectivity index (χ3v) is 4.69. The SMILES string of the molecule is CCNC(=NCc1nc(C(C)C)cs1)NCC(O)c1ccc(OC)cc1.I. The second kappa shape index (κ2) is 12.1. The van der Waals surface area contributed by atoms with Crippen molar-refractivity contribution >= 4 is 41.3 Å². The average Bonchev–Trinajstić information content (AvgIpc) is 3.13. The minimum atomic E-state index is -0.628. The van der Waals surface area contributed by atoms with Crippen molar-refractivity contribution in [3.05, 3.63) is 45.9 Å². The molecule has 1 unspecified atom stereocenters. The summed E-state index contributed by atoms with van der Waals surface area (Å²) in [5.41, 5.74) is 1.93. The van der Waals surface area contributed by atoms with Crippen molar-refractivity contribution in [2.45, 2.75) is 39.3 Å². The summed E-state index contributed by atoms with van der Waals surface area (Å²) in [7, 11) is 1.62. The molecular weight excluding hydrogens is 475 g/mol. The molecule has 1 aromatic heterocycles. The van der Waals surface area contributed by atoms with E-state index in [4.69, 9.17) is 4.74 Å². The number of aliphatic hydroxyl groups excluding tert-OH is 1. The summed E-state index contributed by atoms with van der Waals surface area (Å²) >= 11 is 1.63. The van der Waals surface area contributed by atoms with Gasteiger partial charge in [0, 0.05) is 18.5 Å². The summed E-state index contributed by atoms with van der Waals surface area (Å²) in [5, 5.41) is 19.8. The summed E-state index contributed by atoms with van der Waals surface area (Å²) in [5.74, 6) is 1.87. The Kier molecular flexibility index (Phi) is 10.6. The van der Waals surface area contributed by atoms with Crippen LogP contribution >= 0.6 is 35.3 Å². The summed E-state index contributed by atoms with van der Waals surface area (Å²) in [6.07, 6.45) is -0.628. The molecule has 3 N–H and O–H groups in total. The highest BCUT2D eigenvalue weighted by atomic mass is 127. The molecular formula is C19H29IN4O2S. The van der Waals surface area contributed by atoms with E-state index in [1.54, 1.807) is 18.4 Å². The molecule has 0 aliphatic carbocycles. The number of nitrogens with one attached hydrogen (secondary N) is 2. The number of aliphatic hydroxyl groups is 1. The maximum Gasteiger partial charge on any atom is 0.191 e. The van der Waals surface area contributed by atoms with Crippen LogP contribution in [-0.4, -0.2) is 36.2 Å². The molecule has 0 saturated carbocycles. The van der Waals surface area contributed by atoms with Gasteiger partial charge >= 0.3 is 0 Å². The van der Waals surface area contributed by atoms with E-state index in [2.05, 4.69) is 39.8 Å². The van der Waals surface area contributed by atoms with Gasteiger partial charge in [-0.3, -0.25) is 0 Å². The minimum absolute atomic E-state index is 0. The summed E-state index contributed by atoms with van der Waals surface area (Å²) in [4.78, 5) is 9.16. The van der Waals surface area contributed by atoms with Gasteiger partial charge < -0.3 is 20.5 Å². The van der Waals surface area contributed by atoms with Crippen LogP contribution in [0.4, 0.5) is 0 Å². The number of hydrogen-bond donors (Lipinski definition) is 3. The lowest BCUT2D eigenvalue weighted by Crippen LogP contribution is -2.39. The Morgan fingerprint density at radius 2 is 1.96 bits per heavy atom. The zero-order valence-electron chi connectivity index (χ0n) is 16.2. The number of thiazole rings is 1. The fourth-order valence-electron chi connectivity index (χ4n) is 2.29. The molecule has 0 radical (unpaired) electrons. The van der Waals surface area contributed by atoms with Crippen molar-refractivity contribution in [1.82, 2.24) is 15.6 Å². The van der Waals surface area contributed by atoms with Crippen LogP contribution in [0.15, 0.2) is 34.6 Å². The standard InChI is InChI=1S/C19H28N4O2S.HI/c1-5-20-19(22-11-18-23-16(12-26-18)13(2)3)21-10-17(24)14-6-8-15(25-4)9-7-14;/h6-9,12-13,17,24H,5,10-11H2,1-4H3,(H2,20,21,22);1H. The topological polar surface area (TPSA) is 78.8 Å². The third-order valence-electron chi connectivity index (χ3n) is 3.84. The van der Waals surface area contributed by atoms with Crippen LogP contribution in [0.2, 0.25) is 0 Å². The number of methoxy groups -OCH3 is 1. The molecule has 0 aliphatic rings. The molecule has 150 valence electrons. The van der Waals surface area contributed by atoms with E-state index >= 15 is 0 Å². The Labute approximate surface area is 182 Å². The van der Waals surface area contributed by atoms with Gasteiger partial charge in [-0.15, -0.1) is 35.3 Å². The van der Waals surface area contributed by atoms with Crippen molar-refractivity contribution in [3.63, 3.8) is 0 Å². The largest absolute Gasteiger partial charge is 0.497 e. The van der Waals surface area contributed by atoms with Gasteiger partial charge in [-0.25, -0.2) is 9.98 Å². The van der Waals surface area contributed by atoms with Gasteiger partial charge in [0.1, 0.15) is 10.8 Å². The molecule has 0 aliphatic heterocycles. The van der Waals surface area contributed by atoms with E-state index in [9.17, 15) is 5.11 Å². The van der Waals surface area contributed by atoms with Crippen LogP contribution in [0.1, 0.15) is 49.1 Å². The molecule has 1 aromatic carbocycles. The lowest BCUT2D eigenvalue weighted by atomic mass is 10.1. The Balaban J connectivity index is 0.00000364. The van der Waals surface area contributed by atoms with E-state index in [0.717, 1.165) is 28.6 Å². The van der Waals surface area contributed by atoms with Crippen molar-refractivity contribution in [3.8, 4) is 5.75 Å². The normalized spacial score (nSPS) is 12.4. The van der Waals surface area contributed by atoms with Crippen molar-refractivity contribution < 1.29 is 9.84 Å². The van der Waals surface area contributed by atoms with Gasteiger partial charge in [0.15, 0.2) is 5.96 Å². The molecule has 1 atom stereocenters. The molecule has 27 heavy (non-hydrogen) atoms. The van der Waals surface area contributed by atoms with E-state index < -0.39 is 6.10 Å². The molecule has 2 aromatic rings. The number of halogens is 1. The molecule has 0 saturated heterocycles.